The summed E-state index contributed by atoms with van der Waals surface area (Å²) >= 11 is 9.31. The summed E-state index contributed by atoms with van der Waals surface area (Å²) in [7, 11) is 0. The number of anilines is 1. The Kier molecular flexibility index (Phi) is 4.40. The summed E-state index contributed by atoms with van der Waals surface area (Å²) in [6.45, 7) is -0.178. The molecule has 0 fully saturated rings. The maximum atomic E-state index is 11.9. The van der Waals surface area contributed by atoms with Gasteiger partial charge in [-0.2, -0.15) is 0 Å². The smallest absolute Gasteiger partial charge is 0.323 e. The Morgan fingerprint density at radius 2 is 1.96 bits per heavy atom. The average molecular weight is 397 g/mol. The molecule has 1 amide bonds. The van der Waals surface area contributed by atoms with E-state index in [1.165, 1.54) is 0 Å². The molecule has 0 saturated carbocycles. The predicted molar refractivity (Wildman–Crippen MR) is 92.2 cm³/mol. The molecule has 23 heavy (non-hydrogen) atoms. The number of H-pyrrole nitrogens is 2. The van der Waals surface area contributed by atoms with Crippen LogP contribution in [0.15, 0.2) is 45.7 Å². The lowest BCUT2D eigenvalue weighted by atomic mass is 10.3. The largest absolute Gasteiger partial charge is 0.482 e. The van der Waals surface area contributed by atoms with Crippen LogP contribution >= 0.6 is 27.5 Å². The molecule has 3 aromatic rings. The van der Waals surface area contributed by atoms with Crippen molar-refractivity contribution in [2.45, 2.75) is 0 Å². The maximum absolute atomic E-state index is 11.9. The van der Waals surface area contributed by atoms with Gasteiger partial charge in [0.15, 0.2) is 6.61 Å². The number of amides is 1. The van der Waals surface area contributed by atoms with Crippen LogP contribution in [0.1, 0.15) is 0 Å². The molecule has 0 saturated heterocycles. The molecule has 0 radical (unpaired) electrons. The van der Waals surface area contributed by atoms with E-state index < -0.39 is 0 Å². The van der Waals surface area contributed by atoms with Crippen molar-refractivity contribution >= 4 is 50.2 Å². The zero-order chi connectivity index (χ0) is 16.4. The molecule has 1 heterocycles. The number of halogens is 2. The highest BCUT2D eigenvalue weighted by Gasteiger charge is 2.08. The van der Waals surface area contributed by atoms with Gasteiger partial charge in [0.25, 0.3) is 5.91 Å². The van der Waals surface area contributed by atoms with Gasteiger partial charge in [-0.25, -0.2) is 4.79 Å². The molecule has 2 aromatic carbocycles. The van der Waals surface area contributed by atoms with E-state index in [-0.39, 0.29) is 18.2 Å². The van der Waals surface area contributed by atoms with E-state index >= 15 is 0 Å². The average Bonchev–Trinajstić information content (AvgIpc) is 2.85. The standard InChI is InChI=1S/C15H11BrClN3O3/c16-8-1-4-13(10(17)5-8)23-7-14(21)18-9-2-3-11-12(6-9)20-15(22)19-11/h1-6H,7H2,(H,18,21)(H2,19,20,22). The van der Waals surface area contributed by atoms with Gasteiger partial charge in [0.2, 0.25) is 0 Å². The van der Waals surface area contributed by atoms with Gasteiger partial charge in [-0.1, -0.05) is 27.5 Å². The van der Waals surface area contributed by atoms with E-state index in [0.29, 0.717) is 27.5 Å². The first-order chi connectivity index (χ1) is 11.0. The van der Waals surface area contributed by atoms with Crippen LogP contribution in [0.25, 0.3) is 11.0 Å². The molecular weight excluding hydrogens is 386 g/mol. The van der Waals surface area contributed by atoms with Gasteiger partial charge >= 0.3 is 5.69 Å². The highest BCUT2D eigenvalue weighted by molar-refractivity contribution is 9.10. The Morgan fingerprint density at radius 1 is 1.17 bits per heavy atom. The number of imidazole rings is 1. The first kappa shape index (κ1) is 15.6. The quantitative estimate of drug-likeness (QED) is 0.632. The molecule has 0 spiro atoms. The third kappa shape index (κ3) is 3.75. The van der Waals surface area contributed by atoms with Gasteiger partial charge in [0.05, 0.1) is 16.1 Å². The molecule has 0 unspecified atom stereocenters. The van der Waals surface area contributed by atoms with Crippen LogP contribution in [0.4, 0.5) is 5.69 Å². The van der Waals surface area contributed by atoms with E-state index in [1.54, 1.807) is 36.4 Å². The van der Waals surface area contributed by atoms with Crippen LogP contribution in [0.2, 0.25) is 5.02 Å². The Balaban J connectivity index is 1.64. The molecule has 0 aliphatic heterocycles. The van der Waals surface area contributed by atoms with Crippen LogP contribution in [0.3, 0.4) is 0 Å². The van der Waals surface area contributed by atoms with Gasteiger partial charge in [0.1, 0.15) is 5.75 Å². The fraction of sp³-hybridized carbons (Fsp3) is 0.0667. The summed E-state index contributed by atoms with van der Waals surface area (Å²) in [6, 6.07) is 10.2. The summed E-state index contributed by atoms with van der Waals surface area (Å²) < 4.78 is 6.22. The van der Waals surface area contributed by atoms with Crippen molar-refractivity contribution in [3.05, 3.63) is 56.4 Å². The zero-order valence-corrected chi connectivity index (χ0v) is 14.0. The van der Waals surface area contributed by atoms with Crippen LogP contribution in [-0.2, 0) is 4.79 Å². The number of hydrogen-bond acceptors (Lipinski definition) is 3. The molecule has 8 heteroatoms. The van der Waals surface area contributed by atoms with Crippen molar-refractivity contribution in [2.75, 3.05) is 11.9 Å². The Morgan fingerprint density at radius 3 is 2.74 bits per heavy atom. The second-order valence-electron chi connectivity index (χ2n) is 4.75. The summed E-state index contributed by atoms with van der Waals surface area (Å²) in [5, 5.41) is 3.11. The van der Waals surface area contributed by atoms with Gasteiger partial charge in [-0.05, 0) is 36.4 Å². The van der Waals surface area contributed by atoms with E-state index in [4.69, 9.17) is 16.3 Å². The second-order valence-corrected chi connectivity index (χ2v) is 6.07. The number of fused-ring (bicyclic) bond motifs is 1. The molecule has 0 atom stereocenters. The molecule has 1 aromatic heterocycles. The van der Waals surface area contributed by atoms with E-state index in [9.17, 15) is 9.59 Å². The Bertz CT molecular complexity index is 935. The topological polar surface area (TPSA) is 87.0 Å². The number of rotatable bonds is 4. The number of aromatic nitrogens is 2. The van der Waals surface area contributed by atoms with Crippen LogP contribution in [-0.4, -0.2) is 22.5 Å². The second kappa shape index (κ2) is 6.47. The van der Waals surface area contributed by atoms with Crippen molar-refractivity contribution in [3.8, 4) is 5.75 Å². The monoisotopic (exact) mass is 395 g/mol. The minimum atomic E-state index is -0.332. The third-order valence-corrected chi connectivity index (χ3v) is 3.84. The molecule has 3 rings (SSSR count). The lowest BCUT2D eigenvalue weighted by molar-refractivity contribution is -0.118. The van der Waals surface area contributed by atoms with Crippen molar-refractivity contribution in [2.24, 2.45) is 0 Å². The SMILES string of the molecule is O=C(COc1ccc(Br)cc1Cl)Nc1ccc2[nH]c(=O)[nH]c2c1. The fourth-order valence-electron chi connectivity index (χ4n) is 2.04. The summed E-state index contributed by atoms with van der Waals surface area (Å²) in [6.07, 6.45) is 0. The Hall–Kier alpha value is -2.25. The van der Waals surface area contributed by atoms with Crippen molar-refractivity contribution < 1.29 is 9.53 Å². The van der Waals surface area contributed by atoms with Gasteiger partial charge in [0, 0.05) is 10.2 Å². The molecule has 0 bridgehead atoms. The number of hydrogen-bond donors (Lipinski definition) is 3. The minimum absolute atomic E-state index is 0.178. The lowest BCUT2D eigenvalue weighted by Crippen LogP contribution is -2.20. The zero-order valence-electron chi connectivity index (χ0n) is 11.7. The maximum Gasteiger partial charge on any atom is 0.323 e. The molecular formula is C15H11BrClN3O3. The molecule has 0 aliphatic rings. The van der Waals surface area contributed by atoms with Gasteiger partial charge < -0.3 is 20.0 Å². The third-order valence-electron chi connectivity index (χ3n) is 3.05. The number of carbonyl (C=O) groups excluding carboxylic acids is 1. The molecule has 0 aliphatic carbocycles. The minimum Gasteiger partial charge on any atom is -0.482 e. The summed E-state index contributed by atoms with van der Waals surface area (Å²) in [4.78, 5) is 28.4. The van der Waals surface area contributed by atoms with Gasteiger partial charge in [-0.3, -0.25) is 4.79 Å². The summed E-state index contributed by atoms with van der Waals surface area (Å²) in [5.41, 5.74) is 1.55. The Labute approximate surface area is 143 Å². The predicted octanol–water partition coefficient (Wildman–Crippen LogP) is 3.29. The van der Waals surface area contributed by atoms with E-state index in [0.717, 1.165) is 4.47 Å². The first-order valence-electron chi connectivity index (χ1n) is 6.61. The molecule has 118 valence electrons. The highest BCUT2D eigenvalue weighted by Crippen LogP contribution is 2.27. The van der Waals surface area contributed by atoms with Crippen molar-refractivity contribution in [1.82, 2.24) is 9.97 Å². The number of nitrogens with one attached hydrogen (secondary N) is 3. The lowest BCUT2D eigenvalue weighted by Gasteiger charge is -2.09. The molecule has 3 N–H and O–H groups in total. The molecule has 6 nitrogen and oxygen atoms in total. The summed E-state index contributed by atoms with van der Waals surface area (Å²) in [5.74, 6) is 0.0941. The fourth-order valence-corrected chi connectivity index (χ4v) is 2.77. The first-order valence-corrected chi connectivity index (χ1v) is 7.78. The van der Waals surface area contributed by atoms with E-state index in [1.807, 2.05) is 0 Å². The van der Waals surface area contributed by atoms with Gasteiger partial charge in [-0.15, -0.1) is 0 Å². The normalized spacial score (nSPS) is 10.7. The van der Waals surface area contributed by atoms with Crippen molar-refractivity contribution in [1.29, 1.82) is 0 Å². The van der Waals surface area contributed by atoms with E-state index in [2.05, 4.69) is 31.2 Å². The van der Waals surface area contributed by atoms with Crippen LogP contribution in [0.5, 0.6) is 5.75 Å². The number of benzene rings is 2. The highest BCUT2D eigenvalue weighted by atomic mass is 79.9. The number of carbonyl (C=O) groups is 1. The van der Waals surface area contributed by atoms with Crippen LogP contribution < -0.4 is 15.7 Å². The number of aromatic amines is 2. The van der Waals surface area contributed by atoms with Crippen molar-refractivity contribution in [3.63, 3.8) is 0 Å². The number of ether oxygens (including phenoxy) is 1. The van der Waals surface area contributed by atoms with Crippen LogP contribution in [0, 0.1) is 0 Å².